The molecule has 2 aromatic rings. The second-order valence-electron chi connectivity index (χ2n) is 8.88. The van der Waals surface area contributed by atoms with Gasteiger partial charge in [0.25, 0.3) is 0 Å². The Morgan fingerprint density at radius 1 is 1.26 bits per heavy atom. The number of aryl methyl sites for hydroxylation is 1. The van der Waals surface area contributed by atoms with Gasteiger partial charge in [0, 0.05) is 24.4 Å². The minimum Gasteiger partial charge on any atom is -0.308 e. The monoisotopic (exact) mass is 431 g/mol. The molecule has 0 radical (unpaired) electrons. The number of Topliss-reactive ketones (excluding diaryl/α,β-unsaturated/α-hetero) is 1. The van der Waals surface area contributed by atoms with E-state index in [0.717, 1.165) is 17.0 Å². The van der Waals surface area contributed by atoms with E-state index in [2.05, 4.69) is 9.97 Å². The molecule has 2 fully saturated rings. The lowest BCUT2D eigenvalue weighted by Crippen LogP contribution is -2.47. The highest BCUT2D eigenvalue weighted by Crippen LogP contribution is 2.55. The van der Waals surface area contributed by atoms with Crippen LogP contribution in [0.25, 0.3) is 0 Å². The van der Waals surface area contributed by atoms with Crippen molar-refractivity contribution >= 4 is 17.4 Å². The standard InChI is InChI=1S/C23H24F3N3O2/c1-14-27-7-5-19(28-14)20(30)8-15-4-3-6-23(12-15)21(31)29(13-22(23,2)26)18-10-16(24)9-17(25)11-18/h5,7,9-11,15H,3-4,6,8,12-13H2,1-2H3. The number of carbonyl (C=O) groups is 2. The van der Waals surface area contributed by atoms with Gasteiger partial charge in [0.05, 0.1) is 12.0 Å². The molecule has 1 saturated carbocycles. The highest BCUT2D eigenvalue weighted by molar-refractivity contribution is 6.02. The van der Waals surface area contributed by atoms with E-state index < -0.39 is 28.6 Å². The average molecular weight is 431 g/mol. The summed E-state index contributed by atoms with van der Waals surface area (Å²) in [6, 6.07) is 4.34. The van der Waals surface area contributed by atoms with Crippen LogP contribution in [0.1, 0.15) is 55.3 Å². The third-order valence-corrected chi connectivity index (χ3v) is 6.66. The van der Waals surface area contributed by atoms with E-state index in [1.807, 2.05) is 0 Å². The van der Waals surface area contributed by atoms with Crippen molar-refractivity contribution in [3.8, 4) is 0 Å². The van der Waals surface area contributed by atoms with E-state index in [1.54, 1.807) is 13.0 Å². The van der Waals surface area contributed by atoms with Crippen LogP contribution in [-0.2, 0) is 4.79 Å². The molecule has 1 spiro atoms. The minimum atomic E-state index is -1.89. The molecule has 1 aromatic carbocycles. The summed E-state index contributed by atoms with van der Waals surface area (Å²) in [7, 11) is 0. The van der Waals surface area contributed by atoms with Crippen molar-refractivity contribution in [3.63, 3.8) is 0 Å². The number of ketones is 1. The van der Waals surface area contributed by atoms with Crippen molar-refractivity contribution in [1.82, 2.24) is 9.97 Å². The van der Waals surface area contributed by atoms with Crippen LogP contribution >= 0.6 is 0 Å². The Labute approximate surface area is 178 Å². The Hall–Kier alpha value is -2.77. The zero-order chi connectivity index (χ0) is 22.4. The van der Waals surface area contributed by atoms with Crippen molar-refractivity contribution in [2.75, 3.05) is 11.4 Å². The minimum absolute atomic E-state index is 0.0120. The second kappa shape index (κ2) is 7.73. The molecule has 164 valence electrons. The second-order valence-corrected chi connectivity index (χ2v) is 8.88. The van der Waals surface area contributed by atoms with Crippen molar-refractivity contribution in [3.05, 3.63) is 53.6 Å². The summed E-state index contributed by atoms with van der Waals surface area (Å²) in [5.74, 6) is -1.97. The molecule has 3 atom stereocenters. The lowest BCUT2D eigenvalue weighted by molar-refractivity contribution is -0.134. The Kier molecular flexibility index (Phi) is 5.35. The molecule has 1 aliphatic heterocycles. The van der Waals surface area contributed by atoms with Crippen molar-refractivity contribution in [2.45, 2.75) is 51.6 Å². The molecule has 3 unspecified atom stereocenters. The molecule has 4 rings (SSSR count). The van der Waals surface area contributed by atoms with E-state index in [9.17, 15) is 18.4 Å². The maximum absolute atomic E-state index is 15.9. The fourth-order valence-corrected chi connectivity index (χ4v) is 5.11. The molecule has 2 aliphatic rings. The first-order valence-corrected chi connectivity index (χ1v) is 10.4. The molecule has 0 N–H and O–H groups in total. The van der Waals surface area contributed by atoms with Crippen LogP contribution in [0.5, 0.6) is 0 Å². The van der Waals surface area contributed by atoms with Crippen LogP contribution in [0.3, 0.4) is 0 Å². The van der Waals surface area contributed by atoms with Crippen LogP contribution in [0.4, 0.5) is 18.9 Å². The van der Waals surface area contributed by atoms with Crippen molar-refractivity contribution < 1.29 is 22.8 Å². The predicted octanol–water partition coefficient (Wildman–Crippen LogP) is 4.59. The number of nitrogens with zero attached hydrogens (tertiary/aromatic N) is 3. The van der Waals surface area contributed by atoms with Crippen molar-refractivity contribution in [2.24, 2.45) is 11.3 Å². The number of anilines is 1. The predicted molar refractivity (Wildman–Crippen MR) is 108 cm³/mol. The van der Waals surface area contributed by atoms with Gasteiger partial charge in [-0.05, 0) is 57.2 Å². The number of amides is 1. The smallest absolute Gasteiger partial charge is 0.236 e. The van der Waals surface area contributed by atoms with E-state index in [-0.39, 0.29) is 36.8 Å². The van der Waals surface area contributed by atoms with E-state index in [1.165, 1.54) is 13.1 Å². The highest BCUT2D eigenvalue weighted by atomic mass is 19.1. The molecular formula is C23H24F3N3O2. The molecule has 1 saturated heterocycles. The van der Waals surface area contributed by atoms with E-state index in [4.69, 9.17) is 0 Å². The van der Waals surface area contributed by atoms with Gasteiger partial charge in [-0.15, -0.1) is 0 Å². The number of alkyl halides is 1. The number of halogens is 3. The third kappa shape index (κ3) is 3.83. The van der Waals surface area contributed by atoms with Gasteiger partial charge < -0.3 is 4.90 Å². The molecule has 5 nitrogen and oxygen atoms in total. The van der Waals surface area contributed by atoms with Crippen LogP contribution in [0.15, 0.2) is 30.5 Å². The Balaban J connectivity index is 1.58. The number of hydrogen-bond donors (Lipinski definition) is 0. The zero-order valence-electron chi connectivity index (χ0n) is 17.5. The van der Waals surface area contributed by atoms with Gasteiger partial charge in [-0.25, -0.2) is 23.1 Å². The normalized spacial score (nSPS) is 28.4. The number of benzene rings is 1. The Bertz CT molecular complexity index is 1020. The molecule has 1 amide bonds. The van der Waals surface area contributed by atoms with Gasteiger partial charge in [0.2, 0.25) is 5.91 Å². The van der Waals surface area contributed by atoms with E-state index in [0.29, 0.717) is 36.8 Å². The van der Waals surface area contributed by atoms with E-state index >= 15 is 4.39 Å². The quantitative estimate of drug-likeness (QED) is 0.665. The summed E-state index contributed by atoms with van der Waals surface area (Å²) in [5.41, 5.74) is -2.89. The topological polar surface area (TPSA) is 63.2 Å². The van der Waals surface area contributed by atoms with Crippen molar-refractivity contribution in [1.29, 1.82) is 0 Å². The number of hydrogen-bond acceptors (Lipinski definition) is 4. The summed E-state index contributed by atoms with van der Waals surface area (Å²) in [5, 5.41) is 0. The number of aromatic nitrogens is 2. The summed E-state index contributed by atoms with van der Waals surface area (Å²) in [6.45, 7) is 2.79. The first-order chi connectivity index (χ1) is 14.6. The number of carbonyl (C=O) groups excluding carboxylic acids is 2. The highest BCUT2D eigenvalue weighted by Gasteiger charge is 2.63. The van der Waals surface area contributed by atoms with Gasteiger partial charge in [0.1, 0.15) is 28.8 Å². The fourth-order valence-electron chi connectivity index (χ4n) is 5.11. The summed E-state index contributed by atoms with van der Waals surface area (Å²) in [6.07, 6.45) is 3.53. The van der Waals surface area contributed by atoms with Crippen LogP contribution < -0.4 is 4.90 Å². The third-order valence-electron chi connectivity index (χ3n) is 6.66. The molecular weight excluding hydrogens is 407 g/mol. The van der Waals surface area contributed by atoms with Gasteiger partial charge in [-0.3, -0.25) is 9.59 Å². The van der Waals surface area contributed by atoms with Gasteiger partial charge in [0.15, 0.2) is 5.78 Å². The number of rotatable bonds is 4. The maximum Gasteiger partial charge on any atom is 0.236 e. The molecule has 8 heteroatoms. The summed E-state index contributed by atoms with van der Waals surface area (Å²) < 4.78 is 43.3. The molecule has 1 aliphatic carbocycles. The van der Waals surface area contributed by atoms with Gasteiger partial charge in [-0.1, -0.05) is 6.42 Å². The fraction of sp³-hybridized carbons (Fsp3) is 0.478. The SMILES string of the molecule is Cc1nccc(C(=O)CC2CCCC3(C2)C(=O)N(c2cc(F)cc(F)c2)CC3(C)F)n1. The molecule has 0 bridgehead atoms. The Morgan fingerprint density at radius 2 is 1.97 bits per heavy atom. The van der Waals surface area contributed by atoms with Crippen LogP contribution in [0, 0.1) is 29.9 Å². The first-order valence-electron chi connectivity index (χ1n) is 10.4. The first kappa shape index (κ1) is 21.5. The largest absolute Gasteiger partial charge is 0.308 e. The van der Waals surface area contributed by atoms with Crippen LogP contribution in [-0.4, -0.2) is 33.9 Å². The zero-order valence-corrected chi connectivity index (χ0v) is 17.5. The maximum atomic E-state index is 15.9. The molecule has 31 heavy (non-hydrogen) atoms. The summed E-state index contributed by atoms with van der Waals surface area (Å²) in [4.78, 5) is 35.4. The Morgan fingerprint density at radius 3 is 2.65 bits per heavy atom. The molecule has 2 heterocycles. The average Bonchev–Trinajstić information content (AvgIpc) is 2.88. The summed E-state index contributed by atoms with van der Waals surface area (Å²) >= 11 is 0. The lowest BCUT2D eigenvalue weighted by atomic mass is 9.62. The lowest BCUT2D eigenvalue weighted by Gasteiger charge is -2.41. The van der Waals surface area contributed by atoms with Gasteiger partial charge >= 0.3 is 0 Å². The van der Waals surface area contributed by atoms with Gasteiger partial charge in [-0.2, -0.15) is 0 Å². The van der Waals surface area contributed by atoms with Crippen LogP contribution in [0.2, 0.25) is 0 Å². The molecule has 1 aromatic heterocycles.